The van der Waals surface area contributed by atoms with Crippen molar-refractivity contribution < 1.29 is 9.90 Å². The van der Waals surface area contributed by atoms with Crippen molar-refractivity contribution in [2.45, 2.75) is 39.3 Å². The summed E-state index contributed by atoms with van der Waals surface area (Å²) in [6.45, 7) is 5.02. The van der Waals surface area contributed by atoms with E-state index in [1.54, 1.807) is 17.0 Å². The Kier molecular flexibility index (Phi) is 6.75. The van der Waals surface area contributed by atoms with E-state index in [9.17, 15) is 9.90 Å². The summed E-state index contributed by atoms with van der Waals surface area (Å²) in [5.41, 5.74) is 2.84. The Morgan fingerprint density at radius 2 is 2.11 bits per heavy atom. The van der Waals surface area contributed by atoms with Crippen LogP contribution in [-0.4, -0.2) is 39.2 Å². The quantitative estimate of drug-likeness (QED) is 0.767. The lowest BCUT2D eigenvalue weighted by molar-refractivity contribution is 0.188. The summed E-state index contributed by atoms with van der Waals surface area (Å²) in [7, 11) is 0. The third-order valence-electron chi connectivity index (χ3n) is 4.91. The zero-order chi connectivity index (χ0) is 20.3. The highest BCUT2D eigenvalue weighted by Gasteiger charge is 2.24. The minimum Gasteiger partial charge on any atom is -0.396 e. The van der Waals surface area contributed by atoms with Crippen molar-refractivity contribution in [3.63, 3.8) is 0 Å². The van der Waals surface area contributed by atoms with Crippen LogP contribution in [0.4, 0.5) is 4.79 Å². The first kappa shape index (κ1) is 20.8. The zero-order valence-electron chi connectivity index (χ0n) is 16.0. The van der Waals surface area contributed by atoms with Crippen molar-refractivity contribution in [3.8, 4) is 0 Å². The number of halogens is 2. The number of nitrogens with zero attached hydrogens (tertiary/aromatic N) is 3. The van der Waals surface area contributed by atoms with Crippen LogP contribution in [0.2, 0.25) is 10.0 Å². The molecule has 3 rings (SSSR count). The van der Waals surface area contributed by atoms with E-state index in [0.29, 0.717) is 35.4 Å². The number of urea groups is 1. The number of rotatable bonds is 5. The molecule has 1 aromatic heterocycles. The third-order valence-corrected chi connectivity index (χ3v) is 5.65. The maximum absolute atomic E-state index is 12.7. The van der Waals surface area contributed by atoms with Crippen LogP contribution in [0.5, 0.6) is 0 Å². The van der Waals surface area contributed by atoms with Gasteiger partial charge in [0.05, 0.1) is 28.3 Å². The highest BCUT2D eigenvalue weighted by molar-refractivity contribution is 6.42. The minimum absolute atomic E-state index is 0.0988. The van der Waals surface area contributed by atoms with Gasteiger partial charge in [-0.25, -0.2) is 14.8 Å². The van der Waals surface area contributed by atoms with E-state index in [1.165, 1.54) is 0 Å². The number of carbonyl (C=O) groups excluding carboxylic acids is 1. The van der Waals surface area contributed by atoms with Crippen molar-refractivity contribution >= 4 is 29.2 Å². The number of aliphatic hydroxyl groups excluding tert-OH is 1. The largest absolute Gasteiger partial charge is 0.396 e. The van der Waals surface area contributed by atoms with Crippen LogP contribution in [0.1, 0.15) is 42.5 Å². The number of hydrogen-bond donors (Lipinski definition) is 2. The van der Waals surface area contributed by atoms with Gasteiger partial charge >= 0.3 is 6.03 Å². The van der Waals surface area contributed by atoms with Crippen molar-refractivity contribution in [2.75, 3.05) is 13.2 Å². The lowest BCUT2D eigenvalue weighted by Gasteiger charge is -2.29. The van der Waals surface area contributed by atoms with E-state index >= 15 is 0 Å². The summed E-state index contributed by atoms with van der Waals surface area (Å²) < 4.78 is 0. The maximum Gasteiger partial charge on any atom is 0.318 e. The molecule has 0 saturated carbocycles. The number of aromatic nitrogens is 2. The van der Waals surface area contributed by atoms with Crippen molar-refractivity contribution in [2.24, 2.45) is 5.92 Å². The third kappa shape index (κ3) is 4.93. The molecule has 0 saturated heterocycles. The van der Waals surface area contributed by atoms with Gasteiger partial charge in [0, 0.05) is 25.8 Å². The van der Waals surface area contributed by atoms with Crippen LogP contribution in [0.15, 0.2) is 24.4 Å². The number of nitrogens with one attached hydrogen (secondary N) is 1. The Morgan fingerprint density at radius 1 is 1.32 bits per heavy atom. The Morgan fingerprint density at radius 3 is 2.82 bits per heavy atom. The Balaban J connectivity index is 1.66. The molecule has 2 heterocycles. The average molecular weight is 423 g/mol. The fraction of sp³-hybridized carbons (Fsp3) is 0.450. The molecule has 0 bridgehead atoms. The molecule has 1 aromatic carbocycles. The van der Waals surface area contributed by atoms with Gasteiger partial charge in [-0.1, -0.05) is 36.2 Å². The van der Waals surface area contributed by atoms with Crippen LogP contribution >= 0.6 is 23.2 Å². The van der Waals surface area contributed by atoms with Crippen molar-refractivity contribution in [1.82, 2.24) is 20.2 Å². The first-order valence-electron chi connectivity index (χ1n) is 9.32. The summed E-state index contributed by atoms with van der Waals surface area (Å²) >= 11 is 12.0. The van der Waals surface area contributed by atoms with Crippen LogP contribution in [0.3, 0.4) is 0 Å². The molecule has 8 heteroatoms. The van der Waals surface area contributed by atoms with Gasteiger partial charge in [0.2, 0.25) is 0 Å². The summed E-state index contributed by atoms with van der Waals surface area (Å²) in [4.78, 5) is 23.5. The summed E-state index contributed by atoms with van der Waals surface area (Å²) in [5.74, 6) is 0.805. The van der Waals surface area contributed by atoms with Gasteiger partial charge in [0.15, 0.2) is 0 Å². The molecule has 150 valence electrons. The molecule has 0 fully saturated rings. The monoisotopic (exact) mass is 422 g/mol. The lowest BCUT2D eigenvalue weighted by atomic mass is 10.1. The minimum atomic E-state index is -0.199. The van der Waals surface area contributed by atoms with E-state index in [-0.39, 0.29) is 24.6 Å². The predicted octanol–water partition coefficient (Wildman–Crippen LogP) is 3.78. The second-order valence-corrected chi connectivity index (χ2v) is 8.08. The Hall–Kier alpha value is -1.89. The van der Waals surface area contributed by atoms with Gasteiger partial charge in [0.1, 0.15) is 5.82 Å². The molecule has 28 heavy (non-hydrogen) atoms. The molecule has 0 unspecified atom stereocenters. The van der Waals surface area contributed by atoms with Crippen molar-refractivity contribution in [3.05, 3.63) is 57.1 Å². The predicted molar refractivity (Wildman–Crippen MR) is 110 cm³/mol. The number of fused-ring (bicyclic) bond motifs is 1. The smallest absolute Gasteiger partial charge is 0.318 e. The molecule has 2 atom stereocenters. The van der Waals surface area contributed by atoms with Crippen LogP contribution in [0, 0.1) is 5.92 Å². The molecule has 1 aliphatic rings. The molecule has 2 amide bonds. The second-order valence-electron chi connectivity index (χ2n) is 7.27. The summed E-state index contributed by atoms with van der Waals surface area (Å²) in [6.07, 6.45) is 3.18. The normalized spacial score (nSPS) is 15.7. The first-order chi connectivity index (χ1) is 13.4. The molecule has 6 nitrogen and oxygen atoms in total. The number of amides is 2. The molecular weight excluding hydrogens is 399 g/mol. The van der Waals surface area contributed by atoms with Gasteiger partial charge in [0.25, 0.3) is 0 Å². The van der Waals surface area contributed by atoms with Crippen LogP contribution < -0.4 is 5.32 Å². The van der Waals surface area contributed by atoms with E-state index in [4.69, 9.17) is 23.2 Å². The van der Waals surface area contributed by atoms with Gasteiger partial charge in [-0.15, -0.1) is 0 Å². The highest BCUT2D eigenvalue weighted by Crippen LogP contribution is 2.26. The Labute approximate surface area is 174 Å². The van der Waals surface area contributed by atoms with Gasteiger partial charge in [-0.2, -0.15) is 0 Å². The number of aliphatic hydroxyl groups is 1. The summed E-state index contributed by atoms with van der Waals surface area (Å²) in [5, 5.41) is 13.2. The molecule has 0 spiro atoms. The van der Waals surface area contributed by atoms with Gasteiger partial charge < -0.3 is 15.3 Å². The van der Waals surface area contributed by atoms with E-state index in [1.807, 2.05) is 26.1 Å². The first-order valence-corrected chi connectivity index (χ1v) is 10.1. The van der Waals surface area contributed by atoms with Crippen LogP contribution in [0.25, 0.3) is 0 Å². The number of benzene rings is 1. The SMILES string of the molecule is C[C@@H](CO)Cc1ncc2c(n1)CN(C(=O)N[C@H](C)c1ccc(Cl)c(Cl)c1)CC2. The molecule has 0 radical (unpaired) electrons. The average Bonchev–Trinajstić information content (AvgIpc) is 2.69. The van der Waals surface area contributed by atoms with E-state index < -0.39 is 0 Å². The summed E-state index contributed by atoms with van der Waals surface area (Å²) in [6, 6.07) is 5.00. The second kappa shape index (κ2) is 9.07. The number of carbonyl (C=O) groups is 1. The molecule has 0 aliphatic carbocycles. The topological polar surface area (TPSA) is 78.4 Å². The van der Waals surface area contributed by atoms with Crippen molar-refractivity contribution in [1.29, 1.82) is 0 Å². The molecule has 1 aliphatic heterocycles. The standard InChI is InChI=1S/C20H24Cl2N4O2/c1-12(11-27)7-19-23-9-15-5-6-26(10-18(15)25-19)20(28)24-13(2)14-3-4-16(21)17(22)8-14/h3-4,8-9,12-13,27H,5-7,10-11H2,1-2H3,(H,24,28)/t12-,13-/m1/s1. The molecule has 2 N–H and O–H groups in total. The van der Waals surface area contributed by atoms with E-state index in [0.717, 1.165) is 23.2 Å². The van der Waals surface area contributed by atoms with Gasteiger partial charge in [-0.3, -0.25) is 0 Å². The fourth-order valence-electron chi connectivity index (χ4n) is 3.13. The van der Waals surface area contributed by atoms with Gasteiger partial charge in [-0.05, 0) is 42.5 Å². The Bertz CT molecular complexity index is 862. The van der Waals surface area contributed by atoms with Crippen LogP contribution in [-0.2, 0) is 19.4 Å². The van der Waals surface area contributed by atoms with E-state index in [2.05, 4.69) is 15.3 Å². The lowest BCUT2D eigenvalue weighted by Crippen LogP contribution is -2.44. The highest BCUT2D eigenvalue weighted by atomic mass is 35.5. The fourth-order valence-corrected chi connectivity index (χ4v) is 3.44. The number of hydrogen-bond acceptors (Lipinski definition) is 4. The zero-order valence-corrected chi connectivity index (χ0v) is 17.5. The molecular formula is C20H24Cl2N4O2. The molecule has 2 aromatic rings. The maximum atomic E-state index is 12.7.